The molecule has 182 valence electrons. The van der Waals surface area contributed by atoms with E-state index in [0.29, 0.717) is 13.0 Å². The van der Waals surface area contributed by atoms with Crippen LogP contribution < -0.4 is 16.4 Å². The summed E-state index contributed by atoms with van der Waals surface area (Å²) in [6.07, 6.45) is 2.27. The summed E-state index contributed by atoms with van der Waals surface area (Å²) in [4.78, 5) is 41.0. The number of nitrogens with zero attached hydrogens (tertiary/aromatic N) is 1. The van der Waals surface area contributed by atoms with Crippen molar-refractivity contribution in [2.45, 2.75) is 64.2 Å². The lowest BCUT2D eigenvalue weighted by molar-refractivity contribution is -0.146. The van der Waals surface area contributed by atoms with Crippen LogP contribution in [-0.4, -0.2) is 47.3 Å². The van der Waals surface area contributed by atoms with E-state index in [1.54, 1.807) is 11.8 Å². The molecular formula is C27H36N4O3. The summed E-state index contributed by atoms with van der Waals surface area (Å²) in [7, 11) is 0. The van der Waals surface area contributed by atoms with Crippen molar-refractivity contribution in [1.82, 2.24) is 15.5 Å². The van der Waals surface area contributed by atoms with E-state index < -0.39 is 18.1 Å². The fourth-order valence-electron chi connectivity index (χ4n) is 4.33. The number of nitrogens with two attached hydrogens (primary N) is 1. The van der Waals surface area contributed by atoms with E-state index in [1.807, 2.05) is 74.5 Å². The van der Waals surface area contributed by atoms with Crippen LogP contribution in [0.25, 0.3) is 0 Å². The van der Waals surface area contributed by atoms with Crippen LogP contribution in [-0.2, 0) is 14.4 Å². The molecule has 0 bridgehead atoms. The van der Waals surface area contributed by atoms with Crippen LogP contribution in [0, 0.1) is 5.92 Å². The lowest BCUT2D eigenvalue weighted by atomic mass is 9.95. The molecule has 2 aromatic rings. The third kappa shape index (κ3) is 6.23. The molecule has 0 aliphatic carbocycles. The van der Waals surface area contributed by atoms with Gasteiger partial charge in [0.2, 0.25) is 17.7 Å². The molecule has 7 nitrogen and oxygen atoms in total. The van der Waals surface area contributed by atoms with E-state index in [4.69, 9.17) is 5.73 Å². The van der Waals surface area contributed by atoms with Gasteiger partial charge in [-0.05, 0) is 43.2 Å². The molecule has 3 amide bonds. The van der Waals surface area contributed by atoms with Gasteiger partial charge in [-0.3, -0.25) is 14.4 Å². The Bertz CT molecular complexity index is 923. The Kier molecular flexibility index (Phi) is 8.82. The summed E-state index contributed by atoms with van der Waals surface area (Å²) >= 11 is 0. The van der Waals surface area contributed by atoms with Gasteiger partial charge in [0.25, 0.3) is 0 Å². The maximum atomic E-state index is 13.6. The van der Waals surface area contributed by atoms with E-state index in [-0.39, 0.29) is 29.7 Å². The smallest absolute Gasteiger partial charge is 0.246 e. The van der Waals surface area contributed by atoms with Crippen molar-refractivity contribution in [2.75, 3.05) is 6.54 Å². The van der Waals surface area contributed by atoms with E-state index >= 15 is 0 Å². The molecular weight excluding hydrogens is 428 g/mol. The van der Waals surface area contributed by atoms with E-state index in [0.717, 1.165) is 24.0 Å². The fraction of sp³-hybridized carbons (Fsp3) is 0.444. The number of piperidine rings is 1. The molecule has 2 aromatic carbocycles. The van der Waals surface area contributed by atoms with Crippen LogP contribution in [0.15, 0.2) is 60.7 Å². The first-order valence-electron chi connectivity index (χ1n) is 12.1. The van der Waals surface area contributed by atoms with Crippen molar-refractivity contribution in [3.63, 3.8) is 0 Å². The van der Waals surface area contributed by atoms with Crippen LogP contribution in [0.5, 0.6) is 0 Å². The molecule has 1 fully saturated rings. The zero-order valence-corrected chi connectivity index (χ0v) is 20.2. The molecule has 0 aromatic heterocycles. The van der Waals surface area contributed by atoms with Crippen molar-refractivity contribution in [1.29, 1.82) is 0 Å². The van der Waals surface area contributed by atoms with Crippen molar-refractivity contribution >= 4 is 17.7 Å². The second-order valence-electron chi connectivity index (χ2n) is 9.33. The van der Waals surface area contributed by atoms with E-state index in [1.165, 1.54) is 0 Å². The summed E-state index contributed by atoms with van der Waals surface area (Å²) in [5.74, 6) is -0.938. The predicted molar refractivity (Wildman–Crippen MR) is 133 cm³/mol. The second-order valence-corrected chi connectivity index (χ2v) is 9.33. The number of hydrogen-bond acceptors (Lipinski definition) is 4. The van der Waals surface area contributed by atoms with Crippen LogP contribution >= 0.6 is 0 Å². The van der Waals surface area contributed by atoms with Gasteiger partial charge in [0.05, 0.1) is 12.1 Å². The molecule has 1 aliphatic heterocycles. The average molecular weight is 465 g/mol. The number of amides is 3. The summed E-state index contributed by atoms with van der Waals surface area (Å²) in [5.41, 5.74) is 7.65. The number of nitrogens with one attached hydrogen (secondary N) is 2. The minimum Gasteiger partial charge on any atom is -0.343 e. The van der Waals surface area contributed by atoms with Gasteiger partial charge in [-0.1, -0.05) is 74.5 Å². The maximum Gasteiger partial charge on any atom is 0.246 e. The standard InChI is InChI=1S/C27H36N4O3/c1-18(2)23(29-25(32)19(3)28)27(34)31-17-11-10-16-22(31)26(33)30-24(20-12-6-4-7-13-20)21-14-8-5-9-15-21/h4-9,12-15,18-19,22-24H,10-11,16-17,28H2,1-3H3,(H,29,32)(H,30,33)/t19-,22-,23-/m0/s1. The number of carbonyl (C=O) groups is 3. The van der Waals surface area contributed by atoms with Crippen LogP contribution in [0.2, 0.25) is 0 Å². The van der Waals surface area contributed by atoms with Crippen LogP contribution in [0.4, 0.5) is 0 Å². The molecule has 3 rings (SSSR count). The highest BCUT2D eigenvalue weighted by Crippen LogP contribution is 2.25. The molecule has 0 radical (unpaired) electrons. The molecule has 0 saturated carbocycles. The lowest BCUT2D eigenvalue weighted by Gasteiger charge is -2.38. The van der Waals surface area contributed by atoms with Crippen molar-refractivity contribution in [3.8, 4) is 0 Å². The van der Waals surface area contributed by atoms with Gasteiger partial charge in [0.1, 0.15) is 12.1 Å². The number of rotatable bonds is 8. The number of likely N-dealkylation sites (tertiary alicyclic amines) is 1. The van der Waals surface area contributed by atoms with E-state index in [2.05, 4.69) is 10.6 Å². The number of carbonyl (C=O) groups excluding carboxylic acids is 3. The Hall–Kier alpha value is -3.19. The lowest BCUT2D eigenvalue weighted by Crippen LogP contribution is -2.60. The topological polar surface area (TPSA) is 105 Å². The fourth-order valence-corrected chi connectivity index (χ4v) is 4.33. The molecule has 4 N–H and O–H groups in total. The second kappa shape index (κ2) is 11.8. The van der Waals surface area contributed by atoms with Gasteiger partial charge < -0.3 is 21.3 Å². The highest BCUT2D eigenvalue weighted by molar-refractivity contribution is 5.93. The Morgan fingerprint density at radius 1 is 0.882 bits per heavy atom. The number of benzene rings is 2. The Balaban J connectivity index is 1.83. The Morgan fingerprint density at radius 3 is 1.94 bits per heavy atom. The average Bonchev–Trinajstić information content (AvgIpc) is 2.85. The summed E-state index contributed by atoms with van der Waals surface area (Å²) < 4.78 is 0. The molecule has 0 spiro atoms. The first-order chi connectivity index (χ1) is 16.3. The molecule has 1 aliphatic rings. The monoisotopic (exact) mass is 464 g/mol. The van der Waals surface area contributed by atoms with Crippen LogP contribution in [0.1, 0.15) is 57.2 Å². The molecule has 3 atom stereocenters. The SMILES string of the molecule is CC(C)[C@H](NC(=O)[C@H](C)N)C(=O)N1CCCC[C@H]1C(=O)NC(c1ccccc1)c1ccccc1. The van der Waals surface area contributed by atoms with Crippen molar-refractivity contribution in [2.24, 2.45) is 11.7 Å². The molecule has 1 saturated heterocycles. The largest absolute Gasteiger partial charge is 0.343 e. The third-order valence-electron chi connectivity index (χ3n) is 6.28. The van der Waals surface area contributed by atoms with Crippen molar-refractivity contribution < 1.29 is 14.4 Å². The Morgan fingerprint density at radius 2 is 1.44 bits per heavy atom. The minimum atomic E-state index is -0.731. The van der Waals surface area contributed by atoms with Crippen LogP contribution in [0.3, 0.4) is 0 Å². The third-order valence-corrected chi connectivity index (χ3v) is 6.28. The highest BCUT2D eigenvalue weighted by Gasteiger charge is 2.38. The van der Waals surface area contributed by atoms with Gasteiger partial charge in [0.15, 0.2) is 0 Å². The highest BCUT2D eigenvalue weighted by atomic mass is 16.2. The van der Waals surface area contributed by atoms with Gasteiger partial charge in [-0.25, -0.2) is 0 Å². The minimum absolute atomic E-state index is 0.137. The quantitative estimate of drug-likeness (QED) is 0.559. The number of hydrogen-bond donors (Lipinski definition) is 3. The van der Waals surface area contributed by atoms with Crippen molar-refractivity contribution in [3.05, 3.63) is 71.8 Å². The molecule has 1 heterocycles. The van der Waals surface area contributed by atoms with E-state index in [9.17, 15) is 14.4 Å². The zero-order chi connectivity index (χ0) is 24.7. The zero-order valence-electron chi connectivity index (χ0n) is 20.2. The first-order valence-corrected chi connectivity index (χ1v) is 12.1. The summed E-state index contributed by atoms with van der Waals surface area (Å²) in [6, 6.07) is 17.2. The maximum absolute atomic E-state index is 13.6. The Labute approximate surface area is 202 Å². The van der Waals surface area contributed by atoms with Gasteiger partial charge >= 0.3 is 0 Å². The molecule has 7 heteroatoms. The normalized spacial score (nSPS) is 17.8. The predicted octanol–water partition coefficient (Wildman–Crippen LogP) is 2.76. The molecule has 34 heavy (non-hydrogen) atoms. The van der Waals surface area contributed by atoms with Gasteiger partial charge in [-0.2, -0.15) is 0 Å². The van der Waals surface area contributed by atoms with Gasteiger partial charge in [-0.15, -0.1) is 0 Å². The first kappa shape index (κ1) is 25.4. The molecule has 0 unspecified atom stereocenters. The summed E-state index contributed by atoms with van der Waals surface area (Å²) in [5, 5.41) is 5.97. The van der Waals surface area contributed by atoms with Gasteiger partial charge in [0, 0.05) is 6.54 Å². The summed E-state index contributed by atoms with van der Waals surface area (Å²) in [6.45, 7) is 5.82.